The first-order valence-corrected chi connectivity index (χ1v) is 6.27. The predicted molar refractivity (Wildman–Crippen MR) is 71.1 cm³/mol. The largest absolute Gasteiger partial charge is 0.366 e. The van der Waals surface area contributed by atoms with Crippen LogP contribution in [0.15, 0.2) is 18.3 Å². The lowest BCUT2D eigenvalue weighted by atomic mass is 10.2. The SMILES string of the molecule is CN(C)CC1CCCN1c1ccc(CN)nc1. The number of anilines is 1. The maximum atomic E-state index is 5.56. The Morgan fingerprint density at radius 1 is 1.47 bits per heavy atom. The van der Waals surface area contributed by atoms with Crippen LogP contribution in [0.25, 0.3) is 0 Å². The van der Waals surface area contributed by atoms with Gasteiger partial charge in [-0.05, 0) is 39.1 Å². The molecular formula is C13H22N4. The molecule has 2 N–H and O–H groups in total. The molecule has 1 fully saturated rings. The molecule has 4 nitrogen and oxygen atoms in total. The van der Waals surface area contributed by atoms with Gasteiger partial charge in [-0.15, -0.1) is 0 Å². The zero-order valence-corrected chi connectivity index (χ0v) is 10.8. The van der Waals surface area contributed by atoms with Crippen molar-refractivity contribution in [2.45, 2.75) is 25.4 Å². The second-order valence-electron chi connectivity index (χ2n) is 4.96. The van der Waals surface area contributed by atoms with Crippen molar-refractivity contribution in [3.63, 3.8) is 0 Å². The molecule has 0 aliphatic carbocycles. The third-order valence-electron chi connectivity index (χ3n) is 3.30. The summed E-state index contributed by atoms with van der Waals surface area (Å²) >= 11 is 0. The Hall–Kier alpha value is -1.13. The van der Waals surface area contributed by atoms with Crippen molar-refractivity contribution < 1.29 is 0 Å². The molecule has 2 heterocycles. The molecule has 0 amide bonds. The maximum absolute atomic E-state index is 5.56. The molecule has 0 spiro atoms. The van der Waals surface area contributed by atoms with Gasteiger partial charge in [0.05, 0.1) is 17.6 Å². The fraction of sp³-hybridized carbons (Fsp3) is 0.615. The molecule has 4 heteroatoms. The van der Waals surface area contributed by atoms with Crippen LogP contribution in [-0.4, -0.2) is 43.1 Å². The number of aromatic nitrogens is 1. The number of pyridine rings is 1. The van der Waals surface area contributed by atoms with Gasteiger partial charge in [0.1, 0.15) is 0 Å². The fourth-order valence-corrected chi connectivity index (χ4v) is 2.49. The first kappa shape index (κ1) is 12.3. The lowest BCUT2D eigenvalue weighted by Crippen LogP contribution is -2.37. The highest BCUT2D eigenvalue weighted by Gasteiger charge is 2.25. The first-order valence-electron chi connectivity index (χ1n) is 6.27. The zero-order chi connectivity index (χ0) is 12.3. The van der Waals surface area contributed by atoms with E-state index in [4.69, 9.17) is 5.73 Å². The second-order valence-corrected chi connectivity index (χ2v) is 4.96. The van der Waals surface area contributed by atoms with Gasteiger partial charge in [0.25, 0.3) is 0 Å². The molecule has 1 aromatic rings. The molecule has 1 aliphatic rings. The average molecular weight is 234 g/mol. The van der Waals surface area contributed by atoms with Crippen molar-refractivity contribution in [3.8, 4) is 0 Å². The summed E-state index contributed by atoms with van der Waals surface area (Å²) in [4.78, 5) is 9.10. The molecule has 0 radical (unpaired) electrons. The van der Waals surface area contributed by atoms with E-state index in [9.17, 15) is 0 Å². The third kappa shape index (κ3) is 2.96. The highest BCUT2D eigenvalue weighted by molar-refractivity contribution is 5.46. The molecule has 1 saturated heterocycles. The molecule has 1 atom stereocenters. The molecule has 2 rings (SSSR count). The summed E-state index contributed by atoms with van der Waals surface area (Å²) in [5, 5.41) is 0. The van der Waals surface area contributed by atoms with Crippen molar-refractivity contribution in [2.24, 2.45) is 5.73 Å². The van der Waals surface area contributed by atoms with Crippen molar-refractivity contribution in [2.75, 3.05) is 32.1 Å². The Kier molecular flexibility index (Phi) is 3.97. The van der Waals surface area contributed by atoms with E-state index in [1.165, 1.54) is 18.5 Å². The van der Waals surface area contributed by atoms with Gasteiger partial charge >= 0.3 is 0 Å². The maximum Gasteiger partial charge on any atom is 0.0555 e. The Balaban J connectivity index is 2.08. The molecule has 1 aromatic heterocycles. The highest BCUT2D eigenvalue weighted by atomic mass is 15.2. The summed E-state index contributed by atoms with van der Waals surface area (Å²) in [6.45, 7) is 2.77. The summed E-state index contributed by atoms with van der Waals surface area (Å²) in [7, 11) is 4.26. The topological polar surface area (TPSA) is 45.4 Å². The number of nitrogens with two attached hydrogens (primary N) is 1. The molecule has 17 heavy (non-hydrogen) atoms. The Bertz CT molecular complexity index is 347. The smallest absolute Gasteiger partial charge is 0.0555 e. The van der Waals surface area contributed by atoms with Crippen LogP contribution in [0.1, 0.15) is 18.5 Å². The Morgan fingerprint density at radius 2 is 2.29 bits per heavy atom. The van der Waals surface area contributed by atoms with E-state index in [-0.39, 0.29) is 0 Å². The quantitative estimate of drug-likeness (QED) is 0.846. The van der Waals surface area contributed by atoms with Crippen LogP contribution < -0.4 is 10.6 Å². The van der Waals surface area contributed by atoms with Gasteiger partial charge in [0.2, 0.25) is 0 Å². The Labute approximate surface area is 103 Å². The van der Waals surface area contributed by atoms with E-state index >= 15 is 0 Å². The summed E-state index contributed by atoms with van der Waals surface area (Å²) in [5.74, 6) is 0. The average Bonchev–Trinajstić information content (AvgIpc) is 2.76. The number of nitrogens with zero attached hydrogens (tertiary/aromatic N) is 3. The van der Waals surface area contributed by atoms with E-state index in [0.717, 1.165) is 18.8 Å². The number of likely N-dealkylation sites (N-methyl/N-ethyl adjacent to an activating group) is 1. The van der Waals surface area contributed by atoms with E-state index in [1.54, 1.807) is 0 Å². The third-order valence-corrected chi connectivity index (χ3v) is 3.30. The van der Waals surface area contributed by atoms with Crippen LogP contribution in [0.5, 0.6) is 0 Å². The van der Waals surface area contributed by atoms with E-state index in [0.29, 0.717) is 12.6 Å². The van der Waals surface area contributed by atoms with Crippen LogP contribution in [0.4, 0.5) is 5.69 Å². The summed E-state index contributed by atoms with van der Waals surface area (Å²) < 4.78 is 0. The standard InChI is InChI=1S/C13H22N4/c1-16(2)10-13-4-3-7-17(13)12-6-5-11(8-14)15-9-12/h5-6,9,13H,3-4,7-8,10,14H2,1-2H3. The zero-order valence-electron chi connectivity index (χ0n) is 10.8. The monoisotopic (exact) mass is 234 g/mol. The highest BCUT2D eigenvalue weighted by Crippen LogP contribution is 2.25. The van der Waals surface area contributed by atoms with Gasteiger partial charge < -0.3 is 15.5 Å². The van der Waals surface area contributed by atoms with Gasteiger partial charge in [-0.3, -0.25) is 4.98 Å². The van der Waals surface area contributed by atoms with Crippen molar-refractivity contribution in [1.29, 1.82) is 0 Å². The molecule has 0 aromatic carbocycles. The van der Waals surface area contributed by atoms with Crippen LogP contribution in [-0.2, 0) is 6.54 Å². The molecule has 0 saturated carbocycles. The first-order chi connectivity index (χ1) is 8.20. The van der Waals surface area contributed by atoms with Crippen LogP contribution >= 0.6 is 0 Å². The normalized spacial score (nSPS) is 20.2. The number of hydrogen-bond donors (Lipinski definition) is 1. The summed E-state index contributed by atoms with van der Waals surface area (Å²) in [6, 6.07) is 4.79. The summed E-state index contributed by atoms with van der Waals surface area (Å²) in [5.41, 5.74) is 7.75. The van der Waals surface area contributed by atoms with Gasteiger partial charge in [-0.25, -0.2) is 0 Å². The van der Waals surface area contributed by atoms with E-state index < -0.39 is 0 Å². The van der Waals surface area contributed by atoms with Crippen LogP contribution in [0, 0.1) is 0 Å². The number of hydrogen-bond acceptors (Lipinski definition) is 4. The van der Waals surface area contributed by atoms with Crippen molar-refractivity contribution in [1.82, 2.24) is 9.88 Å². The molecule has 0 bridgehead atoms. The van der Waals surface area contributed by atoms with E-state index in [2.05, 4.69) is 34.9 Å². The minimum absolute atomic E-state index is 0.515. The molecular weight excluding hydrogens is 212 g/mol. The van der Waals surface area contributed by atoms with Crippen molar-refractivity contribution >= 4 is 5.69 Å². The molecule has 1 unspecified atom stereocenters. The fourth-order valence-electron chi connectivity index (χ4n) is 2.49. The van der Waals surface area contributed by atoms with E-state index in [1.807, 2.05) is 12.3 Å². The lowest BCUT2D eigenvalue weighted by molar-refractivity contribution is 0.372. The lowest BCUT2D eigenvalue weighted by Gasteiger charge is -2.28. The molecule has 94 valence electrons. The second kappa shape index (κ2) is 5.47. The van der Waals surface area contributed by atoms with Gasteiger partial charge in [0, 0.05) is 25.7 Å². The van der Waals surface area contributed by atoms with Gasteiger partial charge in [0.15, 0.2) is 0 Å². The van der Waals surface area contributed by atoms with Crippen LogP contribution in [0.3, 0.4) is 0 Å². The van der Waals surface area contributed by atoms with Gasteiger partial charge in [-0.2, -0.15) is 0 Å². The van der Waals surface area contributed by atoms with Crippen LogP contribution in [0.2, 0.25) is 0 Å². The predicted octanol–water partition coefficient (Wildman–Crippen LogP) is 1.07. The minimum Gasteiger partial charge on any atom is -0.366 e. The summed E-state index contributed by atoms with van der Waals surface area (Å²) in [6.07, 6.45) is 4.50. The molecule has 1 aliphatic heterocycles. The minimum atomic E-state index is 0.515. The van der Waals surface area contributed by atoms with Crippen molar-refractivity contribution in [3.05, 3.63) is 24.0 Å². The Morgan fingerprint density at radius 3 is 2.88 bits per heavy atom. The number of rotatable bonds is 4. The van der Waals surface area contributed by atoms with Gasteiger partial charge in [-0.1, -0.05) is 0 Å².